The van der Waals surface area contributed by atoms with Crippen molar-refractivity contribution in [2.24, 2.45) is 5.41 Å². The zero-order valence-electron chi connectivity index (χ0n) is 13.5. The van der Waals surface area contributed by atoms with Crippen LogP contribution in [0, 0.1) is 11.2 Å². The number of ether oxygens (including phenoxy) is 1. The predicted molar refractivity (Wildman–Crippen MR) is 83.4 cm³/mol. The van der Waals surface area contributed by atoms with Crippen molar-refractivity contribution >= 4 is 6.03 Å². The fraction of sp³-hybridized carbons (Fsp3) is 0.562. The molecular formula is C16H25FN2O3. The molecule has 1 aromatic carbocycles. The number of hydrogen-bond acceptors (Lipinski definition) is 3. The maximum atomic E-state index is 12.8. The zero-order valence-corrected chi connectivity index (χ0v) is 13.5. The van der Waals surface area contributed by atoms with E-state index >= 15 is 0 Å². The minimum Gasteiger partial charge on any atom is -0.489 e. The van der Waals surface area contributed by atoms with Gasteiger partial charge in [-0.3, -0.25) is 0 Å². The van der Waals surface area contributed by atoms with Crippen molar-refractivity contribution in [1.82, 2.24) is 10.6 Å². The molecule has 124 valence electrons. The first-order chi connectivity index (χ1) is 10.2. The summed E-state index contributed by atoms with van der Waals surface area (Å²) in [5.74, 6) is 0.217. The van der Waals surface area contributed by atoms with Crippen molar-refractivity contribution in [2.75, 3.05) is 13.1 Å². The number of rotatable bonds is 6. The maximum absolute atomic E-state index is 12.8. The van der Waals surface area contributed by atoms with Crippen molar-refractivity contribution in [1.29, 1.82) is 0 Å². The molecule has 0 saturated carbocycles. The van der Waals surface area contributed by atoms with Crippen molar-refractivity contribution in [3.8, 4) is 5.75 Å². The van der Waals surface area contributed by atoms with Gasteiger partial charge in [0.1, 0.15) is 17.7 Å². The Bertz CT molecular complexity index is 471. The minimum atomic E-state index is -0.619. The van der Waals surface area contributed by atoms with Gasteiger partial charge in [-0.25, -0.2) is 9.18 Å². The SMILES string of the molecule is CC(CNC(=O)NCC(O)C(C)(C)C)Oc1ccc(F)cc1. The Labute approximate surface area is 130 Å². The number of benzene rings is 1. The molecule has 3 N–H and O–H groups in total. The number of carbonyl (C=O) groups is 1. The number of aliphatic hydroxyl groups excluding tert-OH is 1. The third kappa shape index (κ3) is 6.76. The second-order valence-corrected chi connectivity index (χ2v) is 6.36. The normalized spacial score (nSPS) is 14.1. The molecule has 0 aliphatic carbocycles. The van der Waals surface area contributed by atoms with Crippen LogP contribution >= 0.6 is 0 Å². The molecule has 2 atom stereocenters. The second-order valence-electron chi connectivity index (χ2n) is 6.36. The van der Waals surface area contributed by atoms with E-state index in [4.69, 9.17) is 4.74 Å². The van der Waals surface area contributed by atoms with E-state index in [1.165, 1.54) is 24.3 Å². The highest BCUT2D eigenvalue weighted by Gasteiger charge is 2.22. The molecule has 0 radical (unpaired) electrons. The maximum Gasteiger partial charge on any atom is 0.315 e. The van der Waals surface area contributed by atoms with Gasteiger partial charge < -0.3 is 20.5 Å². The molecule has 2 amide bonds. The Balaban J connectivity index is 2.27. The number of halogens is 1. The minimum absolute atomic E-state index is 0.183. The Morgan fingerprint density at radius 1 is 1.23 bits per heavy atom. The van der Waals surface area contributed by atoms with Gasteiger partial charge in [0.2, 0.25) is 0 Å². The number of hydrogen-bond donors (Lipinski definition) is 3. The molecule has 0 bridgehead atoms. The van der Waals surface area contributed by atoms with E-state index in [0.29, 0.717) is 12.3 Å². The van der Waals surface area contributed by atoms with Crippen LogP contribution in [0.4, 0.5) is 9.18 Å². The van der Waals surface area contributed by atoms with Crippen LogP contribution in [-0.4, -0.2) is 36.4 Å². The quantitative estimate of drug-likeness (QED) is 0.755. The Kier molecular flexibility index (Phi) is 6.61. The molecule has 0 aliphatic heterocycles. The molecule has 5 nitrogen and oxygen atoms in total. The lowest BCUT2D eigenvalue weighted by Gasteiger charge is -2.26. The number of urea groups is 1. The van der Waals surface area contributed by atoms with Crippen LogP contribution < -0.4 is 15.4 Å². The summed E-state index contributed by atoms with van der Waals surface area (Å²) < 4.78 is 18.3. The molecule has 0 fully saturated rings. The van der Waals surface area contributed by atoms with Crippen LogP contribution in [-0.2, 0) is 0 Å². The summed E-state index contributed by atoms with van der Waals surface area (Å²) in [4.78, 5) is 11.6. The zero-order chi connectivity index (χ0) is 16.8. The van der Waals surface area contributed by atoms with E-state index in [1.54, 1.807) is 6.92 Å². The van der Waals surface area contributed by atoms with Gasteiger partial charge in [-0.05, 0) is 36.6 Å². The van der Waals surface area contributed by atoms with Gasteiger partial charge in [0.25, 0.3) is 0 Å². The molecular weight excluding hydrogens is 287 g/mol. The molecule has 0 spiro atoms. The van der Waals surface area contributed by atoms with E-state index in [0.717, 1.165) is 0 Å². The van der Waals surface area contributed by atoms with Crippen molar-refractivity contribution in [3.05, 3.63) is 30.1 Å². The Morgan fingerprint density at radius 3 is 2.32 bits per heavy atom. The average Bonchev–Trinajstić information content (AvgIpc) is 2.44. The average molecular weight is 312 g/mol. The van der Waals surface area contributed by atoms with E-state index in [9.17, 15) is 14.3 Å². The summed E-state index contributed by atoms with van der Waals surface area (Å²) in [7, 11) is 0. The second kappa shape index (κ2) is 7.98. The smallest absolute Gasteiger partial charge is 0.315 e. The van der Waals surface area contributed by atoms with Crippen LogP contribution in [0.3, 0.4) is 0 Å². The van der Waals surface area contributed by atoms with Gasteiger partial charge in [0, 0.05) is 6.54 Å². The van der Waals surface area contributed by atoms with E-state index in [-0.39, 0.29) is 29.9 Å². The number of aliphatic hydroxyl groups is 1. The lowest BCUT2D eigenvalue weighted by molar-refractivity contribution is 0.0649. The van der Waals surface area contributed by atoms with Crippen molar-refractivity contribution in [3.63, 3.8) is 0 Å². The monoisotopic (exact) mass is 312 g/mol. The van der Waals surface area contributed by atoms with E-state index in [2.05, 4.69) is 10.6 Å². The number of carbonyl (C=O) groups excluding carboxylic acids is 1. The van der Waals surface area contributed by atoms with Crippen LogP contribution in [0.15, 0.2) is 24.3 Å². The molecule has 1 rings (SSSR count). The van der Waals surface area contributed by atoms with Crippen LogP contribution in [0.25, 0.3) is 0 Å². The van der Waals surface area contributed by atoms with Gasteiger partial charge in [-0.15, -0.1) is 0 Å². The Morgan fingerprint density at radius 2 is 1.77 bits per heavy atom. The van der Waals surface area contributed by atoms with Gasteiger partial charge in [-0.2, -0.15) is 0 Å². The molecule has 0 heterocycles. The number of amides is 2. The van der Waals surface area contributed by atoms with Crippen molar-refractivity contribution < 1.29 is 19.0 Å². The van der Waals surface area contributed by atoms with E-state index in [1.807, 2.05) is 20.8 Å². The summed E-state index contributed by atoms with van der Waals surface area (Å²) >= 11 is 0. The molecule has 2 unspecified atom stereocenters. The van der Waals surface area contributed by atoms with E-state index < -0.39 is 6.10 Å². The first-order valence-corrected chi connectivity index (χ1v) is 7.30. The van der Waals surface area contributed by atoms with Gasteiger partial charge in [0.15, 0.2) is 0 Å². The standard InChI is InChI=1S/C16H25FN2O3/c1-11(22-13-7-5-12(17)6-8-13)9-18-15(21)19-10-14(20)16(2,3)4/h5-8,11,14,20H,9-10H2,1-4H3,(H2,18,19,21). The molecule has 6 heteroatoms. The van der Waals surface area contributed by atoms with Crippen molar-refractivity contribution in [2.45, 2.75) is 39.9 Å². The lowest BCUT2D eigenvalue weighted by Crippen LogP contribution is -2.45. The third-order valence-electron chi connectivity index (χ3n) is 3.16. The fourth-order valence-corrected chi connectivity index (χ4v) is 1.58. The van der Waals surface area contributed by atoms with Gasteiger partial charge >= 0.3 is 6.03 Å². The largest absolute Gasteiger partial charge is 0.489 e. The third-order valence-corrected chi connectivity index (χ3v) is 3.16. The topological polar surface area (TPSA) is 70.6 Å². The molecule has 0 aliphatic rings. The highest BCUT2D eigenvalue weighted by molar-refractivity contribution is 5.73. The predicted octanol–water partition coefficient (Wildman–Crippen LogP) is 2.30. The summed E-state index contributed by atoms with van der Waals surface area (Å²) in [5, 5.41) is 15.1. The lowest BCUT2D eigenvalue weighted by atomic mass is 9.89. The fourth-order valence-electron chi connectivity index (χ4n) is 1.58. The summed E-state index contributed by atoms with van der Waals surface area (Å²) in [6.45, 7) is 7.98. The van der Waals surface area contributed by atoms with Crippen LogP contribution in [0.1, 0.15) is 27.7 Å². The molecule has 22 heavy (non-hydrogen) atoms. The first-order valence-electron chi connectivity index (χ1n) is 7.30. The molecule has 0 saturated heterocycles. The Hall–Kier alpha value is -1.82. The summed E-state index contributed by atoms with van der Waals surface area (Å²) in [5.41, 5.74) is -0.285. The summed E-state index contributed by atoms with van der Waals surface area (Å²) in [6, 6.07) is 5.33. The summed E-state index contributed by atoms with van der Waals surface area (Å²) in [6.07, 6.45) is -0.880. The first kappa shape index (κ1) is 18.2. The van der Waals surface area contributed by atoms with Gasteiger partial charge in [-0.1, -0.05) is 20.8 Å². The molecule has 0 aromatic heterocycles. The highest BCUT2D eigenvalue weighted by atomic mass is 19.1. The van der Waals surface area contributed by atoms with Crippen LogP contribution in [0.2, 0.25) is 0 Å². The molecule has 1 aromatic rings. The van der Waals surface area contributed by atoms with Gasteiger partial charge in [0.05, 0.1) is 12.6 Å². The van der Waals surface area contributed by atoms with Crippen LogP contribution in [0.5, 0.6) is 5.75 Å². The number of nitrogens with one attached hydrogen (secondary N) is 2. The highest BCUT2D eigenvalue weighted by Crippen LogP contribution is 2.18.